The number of halogens is 2. The minimum absolute atomic E-state index is 0.238. The first-order valence-electron chi connectivity index (χ1n) is 4.84. The fraction of sp³-hybridized carbons (Fsp3) is 0. The highest BCUT2D eigenvalue weighted by Crippen LogP contribution is 2.23. The smallest absolute Gasteiger partial charge is 0.256 e. The fourth-order valence-corrected chi connectivity index (χ4v) is 1.69. The Bertz CT molecular complexity index is 545. The maximum absolute atomic E-state index is 11.9. The second-order valence-electron chi connectivity index (χ2n) is 3.30. The van der Waals surface area contributed by atoms with Crippen molar-refractivity contribution in [2.75, 3.05) is 5.32 Å². The van der Waals surface area contributed by atoms with Crippen LogP contribution in [0.15, 0.2) is 47.1 Å². The minimum atomic E-state index is -0.238. The van der Waals surface area contributed by atoms with Gasteiger partial charge in [-0.25, -0.2) is 4.98 Å². The minimum Gasteiger partial charge on any atom is -0.307 e. The van der Waals surface area contributed by atoms with Crippen LogP contribution < -0.4 is 5.32 Å². The van der Waals surface area contributed by atoms with Crippen LogP contribution in [0, 0.1) is 0 Å². The van der Waals surface area contributed by atoms with E-state index in [1.165, 1.54) is 0 Å². The van der Waals surface area contributed by atoms with Crippen LogP contribution in [-0.4, -0.2) is 10.9 Å². The molecule has 0 atom stereocenters. The Hall–Kier alpha value is -1.39. The molecule has 0 bridgehead atoms. The van der Waals surface area contributed by atoms with Crippen molar-refractivity contribution in [3.8, 4) is 0 Å². The normalized spacial score (nSPS) is 10.0. The number of hydrogen-bond donors (Lipinski definition) is 1. The lowest BCUT2D eigenvalue weighted by Crippen LogP contribution is -2.12. The number of pyridine rings is 1. The third-order valence-electron chi connectivity index (χ3n) is 2.09. The van der Waals surface area contributed by atoms with E-state index in [9.17, 15) is 4.79 Å². The summed E-state index contributed by atoms with van der Waals surface area (Å²) in [4.78, 5) is 15.9. The van der Waals surface area contributed by atoms with E-state index in [-0.39, 0.29) is 5.91 Å². The first-order chi connectivity index (χ1) is 8.16. The molecule has 1 aromatic carbocycles. The number of carbonyl (C=O) groups is 1. The molecule has 1 heterocycles. The van der Waals surface area contributed by atoms with Gasteiger partial charge in [-0.1, -0.05) is 17.7 Å². The Morgan fingerprint density at radius 3 is 2.76 bits per heavy atom. The highest BCUT2D eigenvalue weighted by atomic mass is 79.9. The Balaban J connectivity index is 2.18. The molecule has 5 heteroatoms. The molecule has 0 unspecified atom stereocenters. The predicted octanol–water partition coefficient (Wildman–Crippen LogP) is 3.75. The van der Waals surface area contributed by atoms with Crippen molar-refractivity contribution in [3.05, 3.63) is 57.7 Å². The van der Waals surface area contributed by atoms with Crippen molar-refractivity contribution in [2.24, 2.45) is 0 Å². The summed E-state index contributed by atoms with van der Waals surface area (Å²) >= 11 is 9.19. The van der Waals surface area contributed by atoms with Crippen LogP contribution >= 0.6 is 27.5 Å². The molecular weight excluding hydrogens is 304 g/mol. The monoisotopic (exact) mass is 310 g/mol. The summed E-state index contributed by atoms with van der Waals surface area (Å²) in [6.45, 7) is 0. The molecule has 17 heavy (non-hydrogen) atoms. The van der Waals surface area contributed by atoms with Crippen molar-refractivity contribution in [2.45, 2.75) is 0 Å². The van der Waals surface area contributed by atoms with Gasteiger partial charge in [0.05, 0.1) is 5.02 Å². The van der Waals surface area contributed by atoms with Crippen LogP contribution in [0.3, 0.4) is 0 Å². The molecular formula is C12H8BrClN2O. The molecule has 2 rings (SSSR count). The van der Waals surface area contributed by atoms with Crippen LogP contribution in [0.25, 0.3) is 0 Å². The highest BCUT2D eigenvalue weighted by molar-refractivity contribution is 9.10. The second-order valence-corrected chi connectivity index (χ2v) is 4.56. The van der Waals surface area contributed by atoms with Gasteiger partial charge in [-0.05, 0) is 46.3 Å². The van der Waals surface area contributed by atoms with Gasteiger partial charge in [0.2, 0.25) is 0 Å². The number of aromatic nitrogens is 1. The third kappa shape index (κ3) is 3.05. The maximum atomic E-state index is 11.9. The van der Waals surface area contributed by atoms with Crippen LogP contribution in [-0.2, 0) is 0 Å². The van der Waals surface area contributed by atoms with E-state index in [2.05, 4.69) is 26.2 Å². The number of carbonyl (C=O) groups excluding carboxylic acids is 1. The molecule has 0 spiro atoms. The Morgan fingerprint density at radius 2 is 2.12 bits per heavy atom. The molecule has 0 radical (unpaired) electrons. The summed E-state index contributed by atoms with van der Waals surface area (Å²) in [6.07, 6.45) is 1.62. The summed E-state index contributed by atoms with van der Waals surface area (Å²) in [7, 11) is 0. The average molecular weight is 312 g/mol. The first kappa shape index (κ1) is 12.1. The van der Waals surface area contributed by atoms with Crippen molar-refractivity contribution in [3.63, 3.8) is 0 Å². The summed E-state index contributed by atoms with van der Waals surface area (Å²) in [5.41, 5.74) is 0.490. The molecule has 0 fully saturated rings. The Kier molecular flexibility index (Phi) is 3.76. The van der Waals surface area contributed by atoms with Gasteiger partial charge in [0.25, 0.3) is 5.91 Å². The topological polar surface area (TPSA) is 42.0 Å². The van der Waals surface area contributed by atoms with Gasteiger partial charge >= 0.3 is 0 Å². The lowest BCUT2D eigenvalue weighted by atomic mass is 10.2. The zero-order valence-corrected chi connectivity index (χ0v) is 11.0. The first-order valence-corrected chi connectivity index (χ1v) is 6.01. The van der Waals surface area contributed by atoms with Crippen LogP contribution in [0.5, 0.6) is 0 Å². The molecule has 86 valence electrons. The van der Waals surface area contributed by atoms with Gasteiger partial charge in [-0.3, -0.25) is 4.79 Å². The number of nitrogens with one attached hydrogen (secondary N) is 1. The lowest BCUT2D eigenvalue weighted by Gasteiger charge is -2.04. The van der Waals surface area contributed by atoms with E-state index in [1.807, 2.05) is 0 Å². The highest BCUT2D eigenvalue weighted by Gasteiger charge is 2.08. The van der Waals surface area contributed by atoms with E-state index in [1.54, 1.807) is 42.6 Å². The van der Waals surface area contributed by atoms with Gasteiger partial charge in [-0.2, -0.15) is 0 Å². The van der Waals surface area contributed by atoms with Crippen LogP contribution in [0.1, 0.15) is 10.4 Å². The number of hydrogen-bond acceptors (Lipinski definition) is 2. The largest absolute Gasteiger partial charge is 0.307 e. The number of amides is 1. The molecule has 0 aliphatic rings. The molecule has 1 amide bonds. The van der Waals surface area contributed by atoms with E-state index in [4.69, 9.17) is 11.6 Å². The number of anilines is 1. The summed E-state index contributed by atoms with van der Waals surface area (Å²) in [6, 6.07) is 10.3. The van der Waals surface area contributed by atoms with Crippen LogP contribution in [0.2, 0.25) is 5.02 Å². The van der Waals surface area contributed by atoms with Gasteiger partial charge < -0.3 is 5.32 Å². The van der Waals surface area contributed by atoms with Gasteiger partial charge in [0.15, 0.2) is 0 Å². The molecule has 0 aliphatic heterocycles. The van der Waals surface area contributed by atoms with E-state index in [0.29, 0.717) is 16.4 Å². The average Bonchev–Trinajstić information content (AvgIpc) is 2.34. The number of rotatable bonds is 2. The zero-order valence-electron chi connectivity index (χ0n) is 8.65. The summed E-state index contributed by atoms with van der Waals surface area (Å²) in [5, 5.41) is 3.18. The number of nitrogens with zero attached hydrogens (tertiary/aromatic N) is 1. The van der Waals surface area contributed by atoms with Crippen molar-refractivity contribution in [1.29, 1.82) is 0 Å². The summed E-state index contributed by atoms with van der Waals surface area (Å²) < 4.78 is 0.758. The quantitative estimate of drug-likeness (QED) is 0.918. The summed E-state index contributed by atoms with van der Waals surface area (Å²) in [5.74, 6) is 0.273. The van der Waals surface area contributed by atoms with Gasteiger partial charge in [0, 0.05) is 16.2 Å². The SMILES string of the molecule is O=C(Nc1ccccn1)c1ccc(Br)c(Cl)c1. The zero-order chi connectivity index (χ0) is 12.3. The van der Waals surface area contributed by atoms with E-state index in [0.717, 1.165) is 4.47 Å². The molecule has 2 aromatic rings. The van der Waals surface area contributed by atoms with Crippen molar-refractivity contribution < 1.29 is 4.79 Å². The molecule has 1 N–H and O–H groups in total. The van der Waals surface area contributed by atoms with Crippen molar-refractivity contribution >= 4 is 39.3 Å². The van der Waals surface area contributed by atoms with Crippen LogP contribution in [0.4, 0.5) is 5.82 Å². The standard InChI is InChI=1S/C12H8BrClN2O/c13-9-5-4-8(7-10(9)14)12(17)16-11-3-1-2-6-15-11/h1-7H,(H,15,16,17). The molecule has 0 aliphatic carbocycles. The van der Waals surface area contributed by atoms with Gasteiger partial charge in [-0.15, -0.1) is 0 Å². The third-order valence-corrected chi connectivity index (χ3v) is 3.32. The number of benzene rings is 1. The Labute approximate surface area is 112 Å². The van der Waals surface area contributed by atoms with E-state index < -0.39 is 0 Å². The predicted molar refractivity (Wildman–Crippen MR) is 71.3 cm³/mol. The molecule has 0 saturated carbocycles. The second kappa shape index (κ2) is 5.29. The van der Waals surface area contributed by atoms with Crippen molar-refractivity contribution in [1.82, 2.24) is 4.98 Å². The molecule has 3 nitrogen and oxygen atoms in total. The lowest BCUT2D eigenvalue weighted by molar-refractivity contribution is 0.102. The maximum Gasteiger partial charge on any atom is 0.256 e. The fourth-order valence-electron chi connectivity index (χ4n) is 1.26. The molecule has 1 aromatic heterocycles. The van der Waals surface area contributed by atoms with E-state index >= 15 is 0 Å². The Morgan fingerprint density at radius 1 is 1.29 bits per heavy atom. The van der Waals surface area contributed by atoms with Gasteiger partial charge in [0.1, 0.15) is 5.82 Å². The molecule has 0 saturated heterocycles.